The zero-order valence-electron chi connectivity index (χ0n) is 10.3. The zero-order valence-corrected chi connectivity index (χ0v) is 10.3. The van der Waals surface area contributed by atoms with Gasteiger partial charge in [0.1, 0.15) is 0 Å². The minimum Gasteiger partial charge on any atom is -0.328 e. The summed E-state index contributed by atoms with van der Waals surface area (Å²) in [7, 11) is 0. The minimum absolute atomic E-state index is 0.391. The highest BCUT2D eigenvalue weighted by Crippen LogP contribution is 2.07. The van der Waals surface area contributed by atoms with Crippen molar-refractivity contribution in [1.29, 1.82) is 0 Å². The van der Waals surface area contributed by atoms with Crippen LogP contribution in [0.15, 0.2) is 0 Å². The van der Waals surface area contributed by atoms with Crippen LogP contribution in [-0.2, 0) is 0 Å². The molecule has 0 aliphatic rings. The van der Waals surface area contributed by atoms with Crippen LogP contribution >= 0.6 is 0 Å². The third kappa shape index (κ3) is 7.34. The summed E-state index contributed by atoms with van der Waals surface area (Å²) in [5.74, 6) is 1.53. The molecule has 0 saturated carbocycles. The average molecular weight is 200 g/mol. The van der Waals surface area contributed by atoms with Gasteiger partial charge < -0.3 is 11.1 Å². The van der Waals surface area contributed by atoms with Gasteiger partial charge in [0.25, 0.3) is 0 Å². The summed E-state index contributed by atoms with van der Waals surface area (Å²) >= 11 is 0. The van der Waals surface area contributed by atoms with Gasteiger partial charge in [-0.2, -0.15) is 0 Å². The molecule has 3 N–H and O–H groups in total. The van der Waals surface area contributed by atoms with E-state index in [-0.39, 0.29) is 0 Å². The van der Waals surface area contributed by atoms with Gasteiger partial charge in [-0.05, 0) is 37.8 Å². The molecule has 0 amide bonds. The Bertz CT molecular complexity index is 123. The lowest BCUT2D eigenvalue weighted by atomic mass is 9.98. The maximum atomic E-state index is 5.92. The van der Waals surface area contributed by atoms with Crippen molar-refractivity contribution in [1.82, 2.24) is 5.32 Å². The van der Waals surface area contributed by atoms with E-state index in [0.717, 1.165) is 37.8 Å². The first-order valence-corrected chi connectivity index (χ1v) is 6.04. The first-order valence-electron chi connectivity index (χ1n) is 6.04. The number of hydrogen-bond acceptors (Lipinski definition) is 2. The molecule has 0 fully saturated rings. The van der Waals surface area contributed by atoms with Crippen LogP contribution in [0.4, 0.5) is 0 Å². The van der Waals surface area contributed by atoms with Crippen LogP contribution in [-0.4, -0.2) is 19.1 Å². The number of hydrogen-bond donors (Lipinski definition) is 2. The molecule has 2 heteroatoms. The molecule has 0 aliphatic heterocycles. The lowest BCUT2D eigenvalue weighted by molar-refractivity contribution is 0.387. The second-order valence-corrected chi connectivity index (χ2v) is 4.76. The average Bonchev–Trinajstić information content (AvgIpc) is 2.12. The second kappa shape index (κ2) is 8.25. The summed E-state index contributed by atoms with van der Waals surface area (Å²) in [6, 6.07) is 0.391. The zero-order chi connectivity index (χ0) is 11.0. The van der Waals surface area contributed by atoms with E-state index < -0.39 is 0 Å². The van der Waals surface area contributed by atoms with Crippen LogP contribution in [0, 0.1) is 11.8 Å². The molecule has 0 saturated heterocycles. The van der Waals surface area contributed by atoms with Crippen LogP contribution in [0.25, 0.3) is 0 Å². The smallest absolute Gasteiger partial charge is 0.00508 e. The molecular formula is C12H28N2. The lowest BCUT2D eigenvalue weighted by Gasteiger charge is -2.17. The summed E-state index contributed by atoms with van der Waals surface area (Å²) in [5, 5.41) is 3.48. The molecular weight excluding hydrogens is 172 g/mol. The van der Waals surface area contributed by atoms with Gasteiger partial charge in [-0.3, -0.25) is 0 Å². The molecule has 0 heterocycles. The van der Waals surface area contributed by atoms with E-state index in [1.54, 1.807) is 0 Å². The lowest BCUT2D eigenvalue weighted by Crippen LogP contribution is -2.30. The molecule has 86 valence electrons. The first kappa shape index (κ1) is 13.9. The minimum atomic E-state index is 0.391. The van der Waals surface area contributed by atoms with E-state index in [4.69, 9.17) is 5.73 Å². The van der Waals surface area contributed by atoms with Gasteiger partial charge in [-0.25, -0.2) is 0 Å². The molecule has 0 aromatic heterocycles. The molecule has 0 aromatic rings. The monoisotopic (exact) mass is 200 g/mol. The van der Waals surface area contributed by atoms with Crippen molar-refractivity contribution >= 4 is 0 Å². The van der Waals surface area contributed by atoms with Crippen LogP contribution in [0.3, 0.4) is 0 Å². The Balaban J connectivity index is 3.28. The number of nitrogens with one attached hydrogen (secondary N) is 1. The van der Waals surface area contributed by atoms with Crippen LogP contribution < -0.4 is 11.1 Å². The predicted molar refractivity (Wildman–Crippen MR) is 64.4 cm³/mol. The maximum Gasteiger partial charge on any atom is 0.00508 e. The molecule has 2 nitrogen and oxygen atoms in total. The van der Waals surface area contributed by atoms with E-state index in [9.17, 15) is 0 Å². The Kier molecular flexibility index (Phi) is 8.20. The van der Waals surface area contributed by atoms with Crippen molar-refractivity contribution < 1.29 is 0 Å². The van der Waals surface area contributed by atoms with E-state index in [1.165, 1.54) is 6.42 Å². The first-order chi connectivity index (χ1) is 6.57. The fourth-order valence-electron chi connectivity index (χ4n) is 1.37. The molecule has 0 rings (SSSR count). The Morgan fingerprint density at radius 3 is 2.29 bits per heavy atom. The fourth-order valence-corrected chi connectivity index (χ4v) is 1.37. The Labute approximate surface area is 89.6 Å². The quantitative estimate of drug-likeness (QED) is 0.590. The number of rotatable bonds is 8. The molecule has 0 aromatic carbocycles. The van der Waals surface area contributed by atoms with E-state index >= 15 is 0 Å². The second-order valence-electron chi connectivity index (χ2n) is 4.76. The normalized spacial score (nSPS) is 15.9. The third-order valence-corrected chi connectivity index (χ3v) is 2.96. The highest BCUT2D eigenvalue weighted by atomic mass is 14.9. The van der Waals surface area contributed by atoms with Crippen LogP contribution in [0.5, 0.6) is 0 Å². The number of nitrogens with two attached hydrogens (primary N) is 1. The van der Waals surface area contributed by atoms with Gasteiger partial charge in [0.2, 0.25) is 0 Å². The molecule has 2 unspecified atom stereocenters. The van der Waals surface area contributed by atoms with E-state index in [2.05, 4.69) is 33.0 Å². The van der Waals surface area contributed by atoms with Crippen molar-refractivity contribution in [3.63, 3.8) is 0 Å². The molecule has 0 spiro atoms. The Hall–Kier alpha value is -0.0800. The molecule has 14 heavy (non-hydrogen) atoms. The van der Waals surface area contributed by atoms with Crippen molar-refractivity contribution in [3.8, 4) is 0 Å². The third-order valence-electron chi connectivity index (χ3n) is 2.96. The Morgan fingerprint density at radius 2 is 1.79 bits per heavy atom. The fraction of sp³-hybridized carbons (Fsp3) is 1.00. The summed E-state index contributed by atoms with van der Waals surface area (Å²) in [6.07, 6.45) is 3.46. The Morgan fingerprint density at radius 1 is 1.14 bits per heavy atom. The predicted octanol–water partition coefficient (Wildman–Crippen LogP) is 2.39. The van der Waals surface area contributed by atoms with Crippen molar-refractivity contribution in [3.05, 3.63) is 0 Å². The standard InChI is InChI=1S/C12H28N2/c1-5-6-12(13)7-8-14-9-11(4)10(2)3/h10-12,14H,5-9,13H2,1-4H3. The van der Waals surface area contributed by atoms with Crippen molar-refractivity contribution in [2.45, 2.75) is 53.0 Å². The largest absolute Gasteiger partial charge is 0.328 e. The van der Waals surface area contributed by atoms with E-state index in [1.807, 2.05) is 0 Å². The van der Waals surface area contributed by atoms with Gasteiger partial charge in [-0.1, -0.05) is 34.1 Å². The van der Waals surface area contributed by atoms with Gasteiger partial charge in [0.05, 0.1) is 0 Å². The summed E-state index contributed by atoms with van der Waals surface area (Å²) < 4.78 is 0. The van der Waals surface area contributed by atoms with Crippen molar-refractivity contribution in [2.75, 3.05) is 13.1 Å². The van der Waals surface area contributed by atoms with Crippen LogP contribution in [0.2, 0.25) is 0 Å². The summed E-state index contributed by atoms with van der Waals surface area (Å²) in [5.41, 5.74) is 5.92. The highest BCUT2D eigenvalue weighted by molar-refractivity contribution is 4.64. The van der Waals surface area contributed by atoms with Crippen LogP contribution in [0.1, 0.15) is 47.0 Å². The van der Waals surface area contributed by atoms with Gasteiger partial charge in [0, 0.05) is 6.04 Å². The summed E-state index contributed by atoms with van der Waals surface area (Å²) in [6.45, 7) is 11.2. The van der Waals surface area contributed by atoms with Gasteiger partial charge in [-0.15, -0.1) is 0 Å². The molecule has 0 bridgehead atoms. The molecule has 0 aliphatic carbocycles. The van der Waals surface area contributed by atoms with Gasteiger partial charge in [0.15, 0.2) is 0 Å². The molecule has 0 radical (unpaired) electrons. The SMILES string of the molecule is CCCC(N)CCNCC(C)C(C)C. The highest BCUT2D eigenvalue weighted by Gasteiger charge is 2.06. The van der Waals surface area contributed by atoms with Crippen molar-refractivity contribution in [2.24, 2.45) is 17.6 Å². The van der Waals surface area contributed by atoms with Gasteiger partial charge >= 0.3 is 0 Å². The topological polar surface area (TPSA) is 38.0 Å². The molecule has 2 atom stereocenters. The maximum absolute atomic E-state index is 5.92. The summed E-state index contributed by atoms with van der Waals surface area (Å²) in [4.78, 5) is 0. The van der Waals surface area contributed by atoms with E-state index in [0.29, 0.717) is 6.04 Å².